The molecule has 2 nitrogen and oxygen atoms in total. The molecule has 82 valence electrons. The second-order valence-corrected chi connectivity index (χ2v) is 4.69. The highest BCUT2D eigenvalue weighted by Gasteiger charge is 2.11. The van der Waals surface area contributed by atoms with Crippen molar-refractivity contribution in [2.24, 2.45) is 0 Å². The van der Waals surface area contributed by atoms with Crippen LogP contribution in [0.2, 0.25) is 5.02 Å². The molecule has 2 rings (SSSR count). The summed E-state index contributed by atoms with van der Waals surface area (Å²) in [7, 11) is 0. The number of nitrogens with zero attached hydrogens (tertiary/aromatic N) is 1. The van der Waals surface area contributed by atoms with Crippen LogP contribution in [0.3, 0.4) is 0 Å². The Bertz CT molecular complexity index is 508. The summed E-state index contributed by atoms with van der Waals surface area (Å²) in [5.74, 6) is 0.00648. The van der Waals surface area contributed by atoms with E-state index in [1.54, 1.807) is 10.9 Å². The Labute approximate surface area is 103 Å². The average Bonchev–Trinajstić information content (AvgIpc) is 2.75. The zero-order valence-electron chi connectivity index (χ0n) is 8.74. The summed E-state index contributed by atoms with van der Waals surface area (Å²) >= 11 is 7.49. The second-order valence-electron chi connectivity index (χ2n) is 3.57. The van der Waals surface area contributed by atoms with Gasteiger partial charge in [-0.25, -0.2) is 4.98 Å². The van der Waals surface area contributed by atoms with Crippen LogP contribution in [0.1, 0.15) is 21.6 Å². The van der Waals surface area contributed by atoms with E-state index >= 15 is 0 Å². The molecule has 0 fully saturated rings. The highest BCUT2D eigenvalue weighted by atomic mass is 35.5. The molecule has 0 aliphatic heterocycles. The predicted octanol–water partition coefficient (Wildman–Crippen LogP) is 3.53. The van der Waals surface area contributed by atoms with Crippen LogP contribution < -0.4 is 0 Å². The Morgan fingerprint density at radius 3 is 2.94 bits per heavy atom. The normalized spacial score (nSPS) is 10.4. The van der Waals surface area contributed by atoms with Gasteiger partial charge in [-0.2, -0.15) is 0 Å². The molecular formula is C12H10ClNOS. The maximum absolute atomic E-state index is 11.8. The van der Waals surface area contributed by atoms with E-state index in [2.05, 4.69) is 4.98 Å². The average molecular weight is 252 g/mol. The van der Waals surface area contributed by atoms with E-state index in [0.29, 0.717) is 17.1 Å². The molecule has 0 spiro atoms. The summed E-state index contributed by atoms with van der Waals surface area (Å²) in [5, 5.41) is 2.40. The van der Waals surface area contributed by atoms with Crippen LogP contribution in [0.15, 0.2) is 29.1 Å². The van der Waals surface area contributed by atoms with Crippen LogP contribution >= 0.6 is 22.9 Å². The van der Waals surface area contributed by atoms with Crippen molar-refractivity contribution < 1.29 is 4.79 Å². The fourth-order valence-corrected chi connectivity index (χ4v) is 2.27. The minimum absolute atomic E-state index is 0.00648. The van der Waals surface area contributed by atoms with Gasteiger partial charge in [-0.15, -0.1) is 11.3 Å². The largest absolute Gasteiger partial charge is 0.292 e. The van der Waals surface area contributed by atoms with Crippen molar-refractivity contribution in [2.45, 2.75) is 13.3 Å². The molecule has 0 saturated heterocycles. The summed E-state index contributed by atoms with van der Waals surface area (Å²) in [5.41, 5.74) is 4.12. The van der Waals surface area contributed by atoms with E-state index in [-0.39, 0.29) is 5.78 Å². The van der Waals surface area contributed by atoms with Crippen LogP contribution in [-0.2, 0) is 6.42 Å². The molecule has 0 aliphatic carbocycles. The van der Waals surface area contributed by atoms with Crippen molar-refractivity contribution in [2.75, 3.05) is 0 Å². The fourth-order valence-electron chi connectivity index (χ4n) is 1.41. The zero-order chi connectivity index (χ0) is 11.5. The SMILES string of the molecule is Cc1ccc(CC(=O)c2cscn2)c(Cl)c1. The first-order chi connectivity index (χ1) is 7.66. The van der Waals surface area contributed by atoms with E-state index in [9.17, 15) is 4.79 Å². The summed E-state index contributed by atoms with van der Waals surface area (Å²) < 4.78 is 0. The fraction of sp³-hybridized carbons (Fsp3) is 0.167. The van der Waals surface area contributed by atoms with Gasteiger partial charge in [-0.3, -0.25) is 4.79 Å². The summed E-state index contributed by atoms with van der Waals surface area (Å²) in [6, 6.07) is 5.71. The lowest BCUT2D eigenvalue weighted by molar-refractivity contribution is 0.0989. The van der Waals surface area contributed by atoms with Gasteiger partial charge < -0.3 is 0 Å². The van der Waals surface area contributed by atoms with Gasteiger partial charge >= 0.3 is 0 Å². The minimum Gasteiger partial charge on any atom is -0.292 e. The third-order valence-electron chi connectivity index (χ3n) is 2.28. The van der Waals surface area contributed by atoms with Gasteiger partial charge in [0.1, 0.15) is 5.69 Å². The number of hydrogen-bond acceptors (Lipinski definition) is 3. The third-order valence-corrected chi connectivity index (χ3v) is 3.22. The molecule has 0 N–H and O–H groups in total. The first kappa shape index (κ1) is 11.3. The molecule has 4 heteroatoms. The lowest BCUT2D eigenvalue weighted by Gasteiger charge is -2.03. The highest BCUT2D eigenvalue weighted by Crippen LogP contribution is 2.19. The summed E-state index contributed by atoms with van der Waals surface area (Å²) in [6.45, 7) is 1.97. The van der Waals surface area contributed by atoms with Crippen LogP contribution in [0.5, 0.6) is 0 Å². The Balaban J connectivity index is 2.18. The monoisotopic (exact) mass is 251 g/mol. The third kappa shape index (κ3) is 2.49. The van der Waals surface area contributed by atoms with Crippen molar-refractivity contribution in [1.82, 2.24) is 4.98 Å². The number of thiazole rings is 1. The van der Waals surface area contributed by atoms with Crippen LogP contribution in [0.4, 0.5) is 0 Å². The molecule has 0 radical (unpaired) electrons. The highest BCUT2D eigenvalue weighted by molar-refractivity contribution is 7.07. The minimum atomic E-state index is 0.00648. The van der Waals surface area contributed by atoms with Crippen molar-refractivity contribution in [3.8, 4) is 0 Å². The van der Waals surface area contributed by atoms with Gasteiger partial charge in [0.15, 0.2) is 5.78 Å². The van der Waals surface area contributed by atoms with Gasteiger partial charge in [-0.05, 0) is 24.1 Å². The summed E-state index contributed by atoms with van der Waals surface area (Å²) in [6.07, 6.45) is 0.308. The van der Waals surface area contributed by atoms with E-state index < -0.39 is 0 Å². The molecule has 0 bridgehead atoms. The lowest BCUT2D eigenvalue weighted by Crippen LogP contribution is -2.04. The number of aromatic nitrogens is 1. The molecule has 0 atom stereocenters. The zero-order valence-corrected chi connectivity index (χ0v) is 10.3. The number of benzene rings is 1. The Morgan fingerprint density at radius 2 is 2.31 bits per heavy atom. The smallest absolute Gasteiger partial charge is 0.186 e. The molecule has 1 heterocycles. The molecule has 16 heavy (non-hydrogen) atoms. The van der Waals surface area contributed by atoms with Crippen LogP contribution in [-0.4, -0.2) is 10.8 Å². The number of ketones is 1. The van der Waals surface area contributed by atoms with Crippen molar-refractivity contribution in [1.29, 1.82) is 0 Å². The first-order valence-electron chi connectivity index (χ1n) is 4.83. The van der Waals surface area contributed by atoms with E-state index in [1.807, 2.05) is 25.1 Å². The number of rotatable bonds is 3. The van der Waals surface area contributed by atoms with E-state index in [4.69, 9.17) is 11.6 Å². The van der Waals surface area contributed by atoms with E-state index in [0.717, 1.165) is 11.1 Å². The number of aryl methyl sites for hydroxylation is 1. The number of Topliss-reactive ketones (excluding diaryl/α,β-unsaturated/α-hetero) is 1. The Hall–Kier alpha value is -1.19. The second kappa shape index (κ2) is 4.76. The number of hydrogen-bond donors (Lipinski definition) is 0. The maximum Gasteiger partial charge on any atom is 0.186 e. The van der Waals surface area contributed by atoms with Crippen LogP contribution in [0.25, 0.3) is 0 Å². The molecule has 0 amide bonds. The number of halogens is 1. The predicted molar refractivity (Wildman–Crippen MR) is 66.3 cm³/mol. The van der Waals surface area contributed by atoms with Crippen molar-refractivity contribution in [3.63, 3.8) is 0 Å². The Kier molecular flexibility index (Phi) is 3.36. The lowest BCUT2D eigenvalue weighted by atomic mass is 10.1. The van der Waals surface area contributed by atoms with Crippen molar-refractivity contribution in [3.05, 3.63) is 50.9 Å². The maximum atomic E-state index is 11.8. The topological polar surface area (TPSA) is 30.0 Å². The van der Waals surface area contributed by atoms with Gasteiger partial charge in [0.25, 0.3) is 0 Å². The molecule has 1 aromatic heterocycles. The molecule has 2 aromatic rings. The number of carbonyl (C=O) groups is 1. The Morgan fingerprint density at radius 1 is 1.50 bits per heavy atom. The van der Waals surface area contributed by atoms with Gasteiger partial charge in [0.2, 0.25) is 0 Å². The summed E-state index contributed by atoms with van der Waals surface area (Å²) in [4.78, 5) is 15.8. The van der Waals surface area contributed by atoms with Crippen LogP contribution in [0, 0.1) is 6.92 Å². The molecule has 0 saturated carbocycles. The first-order valence-corrected chi connectivity index (χ1v) is 6.15. The number of carbonyl (C=O) groups excluding carboxylic acids is 1. The van der Waals surface area contributed by atoms with Crippen molar-refractivity contribution >= 4 is 28.7 Å². The molecule has 1 aromatic carbocycles. The standard InChI is InChI=1S/C12H10ClNOS/c1-8-2-3-9(10(13)4-8)5-12(15)11-6-16-7-14-11/h2-4,6-7H,5H2,1H3. The molecular weight excluding hydrogens is 242 g/mol. The van der Waals surface area contributed by atoms with Gasteiger partial charge in [-0.1, -0.05) is 23.7 Å². The quantitative estimate of drug-likeness (QED) is 0.781. The molecule has 0 unspecified atom stereocenters. The molecule has 0 aliphatic rings. The van der Waals surface area contributed by atoms with Gasteiger partial charge in [0.05, 0.1) is 5.51 Å². The van der Waals surface area contributed by atoms with E-state index in [1.165, 1.54) is 11.3 Å². The van der Waals surface area contributed by atoms with Gasteiger partial charge in [0, 0.05) is 16.8 Å².